The molecule has 2 fully saturated rings. The minimum absolute atomic E-state index is 0.0239. The van der Waals surface area contributed by atoms with Crippen LogP contribution in [0.15, 0.2) is 18.2 Å². The summed E-state index contributed by atoms with van der Waals surface area (Å²) < 4.78 is 105. The fourth-order valence-corrected chi connectivity index (χ4v) is 5.06. The van der Waals surface area contributed by atoms with Crippen LogP contribution in [0.25, 0.3) is 0 Å². The molecule has 0 heterocycles. The standard InChI is InChI=1S/C23H29F7O3/c1-31-13-32-18-9-6-15(7-10-18)14-2-4-16(5-3-14)17-8-11-20(19(24)12-17)33-23(29,30)21(25)22(26,27)28/h8,11-12,14-16,18,21H,2-7,9-10,13H2,1H3. The molecule has 3 rings (SSSR count). The molecule has 0 amide bonds. The second-order valence-corrected chi connectivity index (χ2v) is 8.98. The molecule has 1 aromatic rings. The zero-order valence-corrected chi connectivity index (χ0v) is 18.4. The molecule has 0 N–H and O–H groups in total. The van der Waals surface area contributed by atoms with Crippen LogP contribution in [0.3, 0.4) is 0 Å². The maximum atomic E-state index is 14.3. The smallest absolute Gasteiger partial charge is 0.427 e. The van der Waals surface area contributed by atoms with Gasteiger partial charge in [0.2, 0.25) is 0 Å². The molecule has 2 saturated carbocycles. The Labute approximate surface area is 188 Å². The predicted molar refractivity (Wildman–Crippen MR) is 106 cm³/mol. The van der Waals surface area contributed by atoms with Gasteiger partial charge in [-0.25, -0.2) is 8.78 Å². The number of hydrogen-bond acceptors (Lipinski definition) is 3. The van der Waals surface area contributed by atoms with Gasteiger partial charge < -0.3 is 14.2 Å². The quantitative estimate of drug-likeness (QED) is 0.289. The Hall–Kier alpha value is -1.55. The SMILES string of the molecule is COCOC1CCC(C2CCC(c3ccc(OC(F)(F)C(F)C(F)(F)F)c(F)c3)CC2)CC1. The average molecular weight is 486 g/mol. The van der Waals surface area contributed by atoms with Gasteiger partial charge >= 0.3 is 12.3 Å². The van der Waals surface area contributed by atoms with E-state index in [0.29, 0.717) is 24.2 Å². The van der Waals surface area contributed by atoms with Crippen LogP contribution in [0.1, 0.15) is 62.8 Å². The normalized spacial score (nSPS) is 27.9. The van der Waals surface area contributed by atoms with Gasteiger partial charge in [0.25, 0.3) is 6.17 Å². The lowest BCUT2D eigenvalue weighted by molar-refractivity contribution is -0.305. The second kappa shape index (κ2) is 10.8. The van der Waals surface area contributed by atoms with Gasteiger partial charge in [0, 0.05) is 7.11 Å². The molecule has 33 heavy (non-hydrogen) atoms. The first kappa shape index (κ1) is 26.1. The van der Waals surface area contributed by atoms with Crippen molar-refractivity contribution in [1.29, 1.82) is 0 Å². The maximum Gasteiger partial charge on any atom is 0.439 e. The Kier molecular flexibility index (Phi) is 8.53. The Balaban J connectivity index is 1.52. The number of rotatable bonds is 8. The minimum atomic E-state index is -5.82. The van der Waals surface area contributed by atoms with Crippen molar-refractivity contribution in [2.24, 2.45) is 11.8 Å². The zero-order chi connectivity index (χ0) is 24.2. The molecule has 0 aliphatic heterocycles. The van der Waals surface area contributed by atoms with Crippen molar-refractivity contribution in [3.63, 3.8) is 0 Å². The predicted octanol–water partition coefficient (Wildman–Crippen LogP) is 7.15. The highest BCUT2D eigenvalue weighted by Crippen LogP contribution is 2.44. The Morgan fingerprint density at radius 3 is 2.00 bits per heavy atom. The lowest BCUT2D eigenvalue weighted by Crippen LogP contribution is -2.45. The third-order valence-electron chi connectivity index (χ3n) is 6.83. The van der Waals surface area contributed by atoms with Crippen LogP contribution in [0.4, 0.5) is 30.7 Å². The van der Waals surface area contributed by atoms with Gasteiger partial charge in [-0.3, -0.25) is 0 Å². The highest BCUT2D eigenvalue weighted by atomic mass is 19.4. The molecule has 3 nitrogen and oxygen atoms in total. The van der Waals surface area contributed by atoms with Gasteiger partial charge in [-0.15, -0.1) is 0 Å². The van der Waals surface area contributed by atoms with E-state index < -0.39 is 30.0 Å². The second-order valence-electron chi connectivity index (χ2n) is 8.98. The molecule has 0 radical (unpaired) electrons. The largest absolute Gasteiger partial charge is 0.439 e. The molecule has 0 aromatic heterocycles. The molecule has 0 spiro atoms. The van der Waals surface area contributed by atoms with Crippen molar-refractivity contribution in [2.75, 3.05) is 13.9 Å². The lowest BCUT2D eigenvalue weighted by atomic mass is 9.69. The van der Waals surface area contributed by atoms with E-state index in [1.54, 1.807) is 7.11 Å². The van der Waals surface area contributed by atoms with Crippen LogP contribution in [-0.4, -0.2) is 38.5 Å². The molecule has 0 saturated heterocycles. The maximum absolute atomic E-state index is 14.3. The summed E-state index contributed by atoms with van der Waals surface area (Å²) in [6, 6.07) is 3.20. The minimum Gasteiger partial charge on any atom is -0.427 e. The summed E-state index contributed by atoms with van der Waals surface area (Å²) >= 11 is 0. The number of halogens is 7. The van der Waals surface area contributed by atoms with Gasteiger partial charge in [-0.05, 0) is 86.8 Å². The highest BCUT2D eigenvalue weighted by Gasteiger charge is 2.59. The van der Waals surface area contributed by atoms with E-state index in [-0.39, 0.29) is 12.0 Å². The summed E-state index contributed by atoms with van der Waals surface area (Å²) in [6.07, 6.45) is -7.66. The molecule has 1 aromatic carbocycles. The van der Waals surface area contributed by atoms with Gasteiger partial charge in [0.15, 0.2) is 11.6 Å². The van der Waals surface area contributed by atoms with E-state index in [1.807, 2.05) is 0 Å². The Bertz CT molecular complexity index is 755. The Morgan fingerprint density at radius 2 is 1.48 bits per heavy atom. The molecule has 2 aliphatic rings. The van der Waals surface area contributed by atoms with Crippen molar-refractivity contribution in [2.45, 2.75) is 81.8 Å². The number of ether oxygens (including phenoxy) is 3. The summed E-state index contributed by atoms with van der Waals surface area (Å²) in [4.78, 5) is 0. The molecular formula is C23H29F7O3. The summed E-state index contributed by atoms with van der Waals surface area (Å²) in [7, 11) is 1.60. The summed E-state index contributed by atoms with van der Waals surface area (Å²) in [5.74, 6) is -1.14. The molecular weight excluding hydrogens is 457 g/mol. The first-order valence-electron chi connectivity index (χ1n) is 11.2. The van der Waals surface area contributed by atoms with Crippen molar-refractivity contribution >= 4 is 0 Å². The van der Waals surface area contributed by atoms with Crippen molar-refractivity contribution < 1.29 is 44.9 Å². The highest BCUT2D eigenvalue weighted by molar-refractivity contribution is 5.32. The average Bonchev–Trinajstić information content (AvgIpc) is 2.78. The van der Waals surface area contributed by atoms with Gasteiger partial charge in [-0.2, -0.15) is 22.0 Å². The van der Waals surface area contributed by atoms with E-state index in [4.69, 9.17) is 9.47 Å². The van der Waals surface area contributed by atoms with E-state index >= 15 is 0 Å². The fourth-order valence-electron chi connectivity index (χ4n) is 5.06. The van der Waals surface area contributed by atoms with Gasteiger partial charge in [0.1, 0.15) is 6.79 Å². The lowest BCUT2D eigenvalue weighted by Gasteiger charge is -2.38. The molecule has 1 atom stereocenters. The van der Waals surface area contributed by atoms with Crippen LogP contribution >= 0.6 is 0 Å². The Morgan fingerprint density at radius 1 is 0.909 bits per heavy atom. The number of hydrogen-bond donors (Lipinski definition) is 0. The van der Waals surface area contributed by atoms with E-state index in [0.717, 1.165) is 63.5 Å². The summed E-state index contributed by atoms with van der Waals surface area (Å²) in [6.45, 7) is 0.301. The first-order chi connectivity index (χ1) is 15.5. The van der Waals surface area contributed by atoms with Gasteiger partial charge in [-0.1, -0.05) is 6.07 Å². The van der Waals surface area contributed by atoms with Crippen LogP contribution in [-0.2, 0) is 9.47 Å². The third kappa shape index (κ3) is 6.74. The van der Waals surface area contributed by atoms with Crippen molar-refractivity contribution in [3.8, 4) is 5.75 Å². The molecule has 1 unspecified atom stereocenters. The van der Waals surface area contributed by atoms with E-state index in [9.17, 15) is 30.7 Å². The molecule has 2 aliphatic carbocycles. The molecule has 10 heteroatoms. The third-order valence-corrected chi connectivity index (χ3v) is 6.83. The summed E-state index contributed by atoms with van der Waals surface area (Å²) in [5, 5.41) is 0. The summed E-state index contributed by atoms with van der Waals surface area (Å²) in [5.41, 5.74) is 0.575. The molecule has 188 valence electrons. The van der Waals surface area contributed by atoms with Crippen LogP contribution in [0.2, 0.25) is 0 Å². The topological polar surface area (TPSA) is 27.7 Å². The van der Waals surface area contributed by atoms with E-state index in [2.05, 4.69) is 4.74 Å². The van der Waals surface area contributed by atoms with Crippen LogP contribution in [0, 0.1) is 17.7 Å². The van der Waals surface area contributed by atoms with Crippen molar-refractivity contribution in [3.05, 3.63) is 29.6 Å². The number of alkyl halides is 6. The van der Waals surface area contributed by atoms with E-state index in [1.165, 1.54) is 6.07 Å². The monoisotopic (exact) mass is 486 g/mol. The fraction of sp³-hybridized carbons (Fsp3) is 0.739. The zero-order valence-electron chi connectivity index (χ0n) is 18.4. The number of benzene rings is 1. The number of methoxy groups -OCH3 is 1. The first-order valence-corrected chi connectivity index (χ1v) is 11.2. The molecule has 0 bridgehead atoms. The van der Waals surface area contributed by atoms with Crippen molar-refractivity contribution in [1.82, 2.24) is 0 Å². The van der Waals surface area contributed by atoms with Crippen LogP contribution in [0.5, 0.6) is 5.75 Å². The van der Waals surface area contributed by atoms with Gasteiger partial charge in [0.05, 0.1) is 6.10 Å². The van der Waals surface area contributed by atoms with Crippen LogP contribution < -0.4 is 4.74 Å².